The Morgan fingerprint density at radius 1 is 0.342 bits per heavy atom. The Hall–Kier alpha value is -5.01. The van der Waals surface area contributed by atoms with E-state index in [1.165, 1.54) is 28.2 Å². The molecule has 8 N–H and O–H groups in total. The molecule has 28 nitrogen and oxygen atoms in total. The van der Waals surface area contributed by atoms with E-state index in [-0.39, 0.29) is 93.6 Å². The second kappa shape index (κ2) is 43.4. The third-order valence-electron chi connectivity index (χ3n) is 5.78. The van der Waals surface area contributed by atoms with Crippen molar-refractivity contribution in [3.05, 3.63) is 53.4 Å². The minimum Gasteiger partial charge on any atom is -0.357 e. The van der Waals surface area contributed by atoms with Gasteiger partial charge in [-0.3, -0.25) is 0 Å². The van der Waals surface area contributed by atoms with Crippen LogP contribution in [0.15, 0.2) is 0 Å². The maximum Gasteiger partial charge on any atom is 0.230 e. The molecule has 0 bridgehead atoms. The average molecular weight is 1220 g/mol. The summed E-state index contributed by atoms with van der Waals surface area (Å²) < 4.78 is 41.9. The van der Waals surface area contributed by atoms with E-state index in [9.17, 15) is 0 Å². The molecule has 0 radical (unpaired) electrons. The van der Waals surface area contributed by atoms with Crippen molar-refractivity contribution in [2.24, 2.45) is 5.73 Å². The zero-order valence-electron chi connectivity index (χ0n) is 46.0. The minimum absolute atomic E-state index is 0. The lowest BCUT2D eigenvalue weighted by molar-refractivity contribution is 0.920. The number of rotatable bonds is 8. The van der Waals surface area contributed by atoms with Gasteiger partial charge in [0.2, 0.25) is 95.1 Å². The fraction of sp³-hybridized carbons (Fsp3) is 0.500. The van der Waals surface area contributed by atoms with Crippen LogP contribution < -0.4 is 52.3 Å². The Morgan fingerprint density at radius 2 is 0.507 bits per heavy atom. The molecule has 6 heterocycles. The van der Waals surface area contributed by atoms with Gasteiger partial charge < -0.3 is 52.3 Å². The van der Waals surface area contributed by atoms with Crippen LogP contribution in [0.5, 0.6) is 0 Å². The fourth-order valence-electron chi connectivity index (χ4n) is 3.15. The molecule has 0 aromatic carbocycles. The Labute approximate surface area is 481 Å². The largest absolute Gasteiger partial charge is 0.357 e. The number of hydrogen-bond acceptors (Lipinski definition) is 28. The maximum absolute atomic E-state index is 7.32. The summed E-state index contributed by atoms with van der Waals surface area (Å²) in [6, 6.07) is 0. The second-order valence-electron chi connectivity index (χ2n) is 11.7. The van der Waals surface area contributed by atoms with Crippen molar-refractivity contribution < 1.29 is 8.47 Å². The van der Waals surface area contributed by atoms with Crippen LogP contribution in [-0.2, 0) is 0 Å². The monoisotopic (exact) mass is 1210 g/mol. The van der Waals surface area contributed by atoms with Gasteiger partial charge in [-0.1, -0.05) is 22.3 Å². The lowest BCUT2D eigenvalue weighted by atomic mass is 10.6. The van der Waals surface area contributed by atoms with Gasteiger partial charge in [-0.15, -0.1) is 0 Å². The molecule has 6 rings (SSSR count). The van der Waals surface area contributed by atoms with Crippen molar-refractivity contribution in [1.82, 2.24) is 95.0 Å². The third-order valence-corrected chi connectivity index (χ3v) is 7.31. The molecule has 0 aliphatic heterocycles. The highest BCUT2D eigenvalue weighted by atomic mass is 35.5. The summed E-state index contributed by atoms with van der Waals surface area (Å²) in [7, 11) is 23.7. The average Bonchev–Trinajstić information content (AvgIpc) is 3.29. The highest BCUT2D eigenvalue weighted by Gasteiger charge is 2.06. The van der Waals surface area contributed by atoms with Gasteiger partial charge >= 0.3 is 0 Å². The highest BCUT2D eigenvalue weighted by Crippen LogP contribution is 2.13. The van der Waals surface area contributed by atoms with Gasteiger partial charge in [-0.2, -0.15) is 89.7 Å². The minimum atomic E-state index is -0.0147. The molecule has 0 aliphatic rings. The van der Waals surface area contributed by atoms with Crippen molar-refractivity contribution in [3.8, 4) is 0 Å². The van der Waals surface area contributed by atoms with Gasteiger partial charge in [0.1, 0.15) is 7.24 Å². The van der Waals surface area contributed by atoms with Crippen LogP contribution in [0, 0.1) is 6.92 Å². The van der Waals surface area contributed by atoms with E-state index in [0.29, 0.717) is 29.6 Å². The van der Waals surface area contributed by atoms with E-state index < -0.39 is 0 Å². The summed E-state index contributed by atoms with van der Waals surface area (Å²) in [5, 5.41) is 7.93. The van der Waals surface area contributed by atoms with E-state index >= 15 is 0 Å². The van der Waals surface area contributed by atoms with Crippen LogP contribution in [0.25, 0.3) is 0 Å². The normalized spacial score (nSPS) is 10.0. The van der Waals surface area contributed by atoms with Crippen LogP contribution in [0.4, 0.5) is 47.6 Å². The van der Waals surface area contributed by atoms with Gasteiger partial charge in [0.15, 0.2) is 7.06 Å². The first-order valence-corrected chi connectivity index (χ1v) is 21.9. The van der Waals surface area contributed by atoms with Crippen molar-refractivity contribution in [2.75, 3.05) is 140 Å². The molecule has 0 saturated carbocycles. The molecule has 37 heteroatoms. The van der Waals surface area contributed by atoms with Crippen LogP contribution in [0.2, 0.25) is 56.0 Å². The smallest absolute Gasteiger partial charge is 0.230 e. The molecule has 0 unspecified atom stereocenters. The number of nitrogens with one attached hydrogen (secondary N) is 6. The van der Waals surface area contributed by atoms with E-state index in [0.717, 1.165) is 26.5 Å². The lowest BCUT2D eigenvalue weighted by Crippen LogP contribution is -2.15. The Balaban J connectivity index is -0.000000270. The van der Waals surface area contributed by atoms with Crippen molar-refractivity contribution in [2.45, 2.75) is 29.2 Å². The first kappa shape index (κ1) is 64.1. The fourth-order valence-corrected chi connectivity index (χ4v) is 4.77. The molecule has 0 saturated heterocycles. The molecule has 0 spiro atoms. The number of aromatic nitrogens is 18. The molecule has 0 amide bonds. The summed E-state index contributed by atoms with van der Waals surface area (Å²) in [6.45, 7) is 1.78. The third kappa shape index (κ3) is 35.7. The SMILES string of the molecule is C.C.C.CNC.Clc1nc(Cl)nc(Cl)n1.[2H]N(C)c1nc(C)nc(N(C)C)n1.[2H]N(C)c1nc(Cl)nc(Cl)n1.[2H]N(C)c1nc(Cl)nc(Cl)n1.[2H]N(C)c1nc(Cl)nc(N(C)C)n1.[2H]N(C)c1nc(Cl)nc(N(C)C)n1.[2H]NC. The Bertz CT molecular complexity index is 2240. The summed E-state index contributed by atoms with van der Waals surface area (Å²) in [5.74, 6) is 3.12. The van der Waals surface area contributed by atoms with E-state index in [1.54, 1.807) is 63.9 Å². The van der Waals surface area contributed by atoms with Gasteiger partial charge in [0, 0.05) is 77.5 Å². The molecule has 6 aromatic heterocycles. The summed E-state index contributed by atoms with van der Waals surface area (Å²) in [5.41, 5.74) is 2.00. The molecule has 0 atom stereocenters. The van der Waals surface area contributed by atoms with E-state index in [1.807, 2.05) is 33.9 Å². The van der Waals surface area contributed by atoms with Crippen molar-refractivity contribution >= 4 is 152 Å². The van der Waals surface area contributed by atoms with Gasteiger partial charge in [-0.05, 0) is 132 Å². The van der Waals surface area contributed by atoms with Crippen LogP contribution in [0.1, 0.15) is 28.1 Å². The first-order valence-electron chi connectivity index (χ1n) is 21.2. The lowest BCUT2D eigenvalue weighted by Gasteiger charge is -2.10. The number of halogens is 9. The quantitative estimate of drug-likeness (QED) is 0.0795. The van der Waals surface area contributed by atoms with Gasteiger partial charge in [0.25, 0.3) is 0 Å². The van der Waals surface area contributed by atoms with Crippen molar-refractivity contribution in [1.29, 1.82) is 0 Å². The Morgan fingerprint density at radius 3 is 0.712 bits per heavy atom. The number of hydrogen-bond donors (Lipinski definition) is 7. The number of aryl methyl sites for hydroxylation is 1. The summed E-state index contributed by atoms with van der Waals surface area (Å²) >= 11 is 49.0. The standard InChI is InChI=1S/C7H13N5.2C6H10ClN5.2C4H4Cl2N4.C3Cl3N3.C2H7N.CH5N.3CH4/c1-5-9-6(8-2)11-7(10-5)12(3)4;2*1-8-5-9-4(7)10-6(11-5)12(2)3;2*1-7-4-9-2(5)8-3(6)10-4;4-1-7-2(5)9-3(6)8-1;1-3-2;1-2;;;/h1-4H3,(H,8,9,10,11);2*1-3H3,(H,8,9,10,11);2*1H3,(H,7,8,9,10);;3H,1-2H3;2H2,1H3;3*1H4/i/hD6. The van der Waals surface area contributed by atoms with Crippen LogP contribution in [0.3, 0.4) is 0 Å². The van der Waals surface area contributed by atoms with Crippen LogP contribution in [-0.4, -0.2) is 188 Å². The molecule has 0 fully saturated rings. The van der Waals surface area contributed by atoms with E-state index in [2.05, 4.69) is 95.0 Å². The summed E-state index contributed by atoms with van der Waals surface area (Å²) in [6.07, 6.45) is 0. The predicted octanol–water partition coefficient (Wildman–Crippen LogP) is 7.14. The molecular formula is C36H65Cl9N28. The van der Waals surface area contributed by atoms with E-state index in [4.69, 9.17) is 113 Å². The second-order valence-corrected chi connectivity index (χ2v) is 14.7. The zero-order chi connectivity index (χ0) is 59.2. The molecule has 0 aliphatic carbocycles. The maximum atomic E-state index is 7.32. The zero-order valence-corrected chi connectivity index (χ0v) is 46.8. The first-order chi connectivity index (χ1) is 35.2. The molecular weight excluding hydrogens is 1140 g/mol. The highest BCUT2D eigenvalue weighted by molar-refractivity contribution is 6.33. The number of anilines is 8. The Kier molecular flexibility index (Phi) is 38.1. The van der Waals surface area contributed by atoms with Gasteiger partial charge in [0.05, 0.1) is 0 Å². The van der Waals surface area contributed by atoms with Crippen molar-refractivity contribution in [3.63, 3.8) is 0 Å². The predicted molar refractivity (Wildman–Crippen MR) is 305 cm³/mol. The molecule has 73 heavy (non-hydrogen) atoms. The van der Waals surface area contributed by atoms with Gasteiger partial charge in [-0.25, -0.2) is 0 Å². The number of nitrogens with zero attached hydrogens (tertiary/aromatic N) is 21. The molecule has 412 valence electrons. The topological polar surface area (TPSA) is 340 Å². The van der Waals surface area contributed by atoms with Crippen LogP contribution >= 0.6 is 104 Å². The summed E-state index contributed by atoms with van der Waals surface area (Å²) in [4.78, 5) is 72.6. The number of nitrogens with two attached hydrogens (primary N) is 1. The molecule has 6 aromatic rings.